The first-order chi connectivity index (χ1) is 10.6. The van der Waals surface area contributed by atoms with Gasteiger partial charge in [0, 0.05) is 6.54 Å². The second-order valence-corrected chi connectivity index (χ2v) is 8.48. The highest BCUT2D eigenvalue weighted by Crippen LogP contribution is 2.21. The molecule has 0 aliphatic carbocycles. The van der Waals surface area contributed by atoms with Gasteiger partial charge in [0.15, 0.2) is 0 Å². The smallest absolute Gasteiger partial charge is 0.411 e. The highest BCUT2D eigenvalue weighted by atomic mass is 32.2. The summed E-state index contributed by atoms with van der Waals surface area (Å²) in [5.41, 5.74) is 0.375. The SMILES string of the molecule is Cc1ccc(S(=O)(=O)NC2CCCN2C(=O)OC(C)(C)C)cc1. The number of hydrogen-bond acceptors (Lipinski definition) is 4. The molecule has 6 nitrogen and oxygen atoms in total. The van der Waals surface area contributed by atoms with Crippen molar-refractivity contribution in [2.75, 3.05) is 6.54 Å². The molecule has 0 spiro atoms. The number of benzene rings is 1. The lowest BCUT2D eigenvalue weighted by Gasteiger charge is -2.28. The van der Waals surface area contributed by atoms with E-state index < -0.39 is 27.9 Å². The molecule has 2 rings (SSSR count). The minimum atomic E-state index is -3.67. The number of aryl methyl sites for hydroxylation is 1. The lowest BCUT2D eigenvalue weighted by atomic mass is 10.2. The van der Waals surface area contributed by atoms with Crippen molar-refractivity contribution in [1.82, 2.24) is 9.62 Å². The van der Waals surface area contributed by atoms with E-state index in [-0.39, 0.29) is 4.90 Å². The van der Waals surface area contributed by atoms with Gasteiger partial charge in [-0.2, -0.15) is 4.72 Å². The van der Waals surface area contributed by atoms with E-state index in [1.54, 1.807) is 45.0 Å². The molecule has 1 saturated heterocycles. The summed E-state index contributed by atoms with van der Waals surface area (Å²) in [4.78, 5) is 13.8. The van der Waals surface area contributed by atoms with Crippen molar-refractivity contribution in [2.24, 2.45) is 0 Å². The van der Waals surface area contributed by atoms with Gasteiger partial charge >= 0.3 is 6.09 Å². The van der Waals surface area contributed by atoms with Crippen LogP contribution in [0.4, 0.5) is 4.79 Å². The van der Waals surface area contributed by atoms with Crippen molar-refractivity contribution in [3.05, 3.63) is 29.8 Å². The second-order valence-electron chi connectivity index (χ2n) is 6.77. The zero-order valence-electron chi connectivity index (χ0n) is 14.0. The number of amides is 1. The minimum absolute atomic E-state index is 0.194. The Morgan fingerprint density at radius 1 is 1.26 bits per heavy atom. The van der Waals surface area contributed by atoms with Crippen LogP contribution in [0.2, 0.25) is 0 Å². The summed E-state index contributed by atoms with van der Waals surface area (Å²) >= 11 is 0. The predicted octanol–water partition coefficient (Wildman–Crippen LogP) is 2.63. The molecule has 0 saturated carbocycles. The van der Waals surface area contributed by atoms with Gasteiger partial charge in [-0.25, -0.2) is 13.2 Å². The van der Waals surface area contributed by atoms with Gasteiger partial charge in [-0.15, -0.1) is 0 Å². The molecule has 0 radical (unpaired) electrons. The number of sulfonamides is 1. The van der Waals surface area contributed by atoms with Crippen LogP contribution in [0.3, 0.4) is 0 Å². The topological polar surface area (TPSA) is 75.7 Å². The number of hydrogen-bond donors (Lipinski definition) is 1. The third-order valence-electron chi connectivity index (χ3n) is 3.50. The quantitative estimate of drug-likeness (QED) is 0.918. The Hall–Kier alpha value is -1.60. The van der Waals surface area contributed by atoms with Crippen LogP contribution in [0.1, 0.15) is 39.2 Å². The zero-order chi connectivity index (χ0) is 17.3. The number of likely N-dealkylation sites (tertiary alicyclic amines) is 1. The van der Waals surface area contributed by atoms with Crippen molar-refractivity contribution < 1.29 is 17.9 Å². The third kappa shape index (κ3) is 4.68. The number of nitrogens with one attached hydrogen (secondary N) is 1. The monoisotopic (exact) mass is 340 g/mol. The van der Waals surface area contributed by atoms with Gasteiger partial charge in [0.2, 0.25) is 10.0 Å². The molecule has 0 bridgehead atoms. The number of carbonyl (C=O) groups is 1. The summed E-state index contributed by atoms with van der Waals surface area (Å²) in [7, 11) is -3.67. The maximum absolute atomic E-state index is 12.5. The number of carbonyl (C=O) groups excluding carboxylic acids is 1. The molecule has 1 aliphatic rings. The lowest BCUT2D eigenvalue weighted by Crippen LogP contribution is -2.48. The summed E-state index contributed by atoms with van der Waals surface area (Å²) in [5.74, 6) is 0. The maximum Gasteiger partial charge on any atom is 0.411 e. The Bertz CT molecular complexity index is 662. The van der Waals surface area contributed by atoms with Gasteiger partial charge in [0.05, 0.1) is 11.1 Å². The van der Waals surface area contributed by atoms with Gasteiger partial charge < -0.3 is 4.74 Å². The highest BCUT2D eigenvalue weighted by molar-refractivity contribution is 7.89. The normalized spacial score (nSPS) is 19.0. The summed E-state index contributed by atoms with van der Waals surface area (Å²) < 4.78 is 32.9. The summed E-state index contributed by atoms with van der Waals surface area (Å²) in [6.07, 6.45) is 0.243. The van der Waals surface area contributed by atoms with Crippen molar-refractivity contribution in [3.63, 3.8) is 0 Å². The largest absolute Gasteiger partial charge is 0.444 e. The van der Waals surface area contributed by atoms with Gasteiger partial charge in [0.1, 0.15) is 5.60 Å². The number of rotatable bonds is 3. The molecule has 1 aromatic carbocycles. The fraction of sp³-hybridized carbons (Fsp3) is 0.562. The first kappa shape index (κ1) is 17.7. The molecule has 1 amide bonds. The summed E-state index contributed by atoms with van der Waals surface area (Å²) in [5, 5.41) is 0. The summed E-state index contributed by atoms with van der Waals surface area (Å²) in [6.45, 7) is 7.73. The third-order valence-corrected chi connectivity index (χ3v) is 4.98. The Balaban J connectivity index is 2.11. The molecule has 1 unspecified atom stereocenters. The molecular weight excluding hydrogens is 316 g/mol. The minimum Gasteiger partial charge on any atom is -0.444 e. The maximum atomic E-state index is 12.5. The molecule has 1 heterocycles. The van der Waals surface area contributed by atoms with E-state index in [9.17, 15) is 13.2 Å². The Labute approximate surface area is 137 Å². The fourth-order valence-electron chi connectivity index (χ4n) is 2.39. The molecular formula is C16H24N2O4S. The van der Waals surface area contributed by atoms with Crippen molar-refractivity contribution in [2.45, 2.75) is 57.2 Å². The van der Waals surface area contributed by atoms with Crippen molar-refractivity contribution in [1.29, 1.82) is 0 Å². The standard InChI is InChI=1S/C16H24N2O4S/c1-12-7-9-13(10-8-12)23(20,21)17-14-6-5-11-18(14)15(19)22-16(2,3)4/h7-10,14,17H,5-6,11H2,1-4H3. The van der Waals surface area contributed by atoms with Crippen LogP contribution >= 0.6 is 0 Å². The van der Waals surface area contributed by atoms with Gasteiger partial charge in [-0.3, -0.25) is 4.90 Å². The summed E-state index contributed by atoms with van der Waals surface area (Å²) in [6, 6.07) is 6.61. The van der Waals surface area contributed by atoms with Crippen LogP contribution in [0, 0.1) is 6.92 Å². The molecule has 0 aromatic heterocycles. The van der Waals surface area contributed by atoms with Gasteiger partial charge in [0.25, 0.3) is 0 Å². The van der Waals surface area contributed by atoms with Crippen LogP contribution in [0.15, 0.2) is 29.2 Å². The lowest BCUT2D eigenvalue weighted by molar-refractivity contribution is 0.0219. The van der Waals surface area contributed by atoms with Crippen molar-refractivity contribution in [3.8, 4) is 0 Å². The van der Waals surface area contributed by atoms with E-state index in [1.165, 1.54) is 4.90 Å². The molecule has 23 heavy (non-hydrogen) atoms. The first-order valence-corrected chi connectivity index (χ1v) is 9.15. The molecule has 1 fully saturated rings. The van der Waals surface area contributed by atoms with Crippen LogP contribution < -0.4 is 4.72 Å². The number of nitrogens with zero attached hydrogens (tertiary/aromatic N) is 1. The Morgan fingerprint density at radius 2 is 1.87 bits per heavy atom. The second kappa shape index (κ2) is 6.49. The first-order valence-electron chi connectivity index (χ1n) is 7.67. The number of ether oxygens (including phenoxy) is 1. The van der Waals surface area contributed by atoms with E-state index in [4.69, 9.17) is 4.74 Å². The van der Waals surface area contributed by atoms with Gasteiger partial charge in [-0.05, 0) is 52.7 Å². The molecule has 128 valence electrons. The van der Waals surface area contributed by atoms with Crippen molar-refractivity contribution >= 4 is 16.1 Å². The van der Waals surface area contributed by atoms with E-state index in [2.05, 4.69) is 4.72 Å². The fourth-order valence-corrected chi connectivity index (χ4v) is 3.63. The average Bonchev–Trinajstić information content (AvgIpc) is 2.84. The van der Waals surface area contributed by atoms with E-state index in [0.29, 0.717) is 13.0 Å². The molecule has 1 aliphatic heterocycles. The van der Waals surface area contributed by atoms with Crippen LogP contribution in [-0.2, 0) is 14.8 Å². The van der Waals surface area contributed by atoms with E-state index >= 15 is 0 Å². The van der Waals surface area contributed by atoms with Crippen LogP contribution in [0.25, 0.3) is 0 Å². The van der Waals surface area contributed by atoms with Crippen LogP contribution in [-0.4, -0.2) is 37.7 Å². The molecule has 1 N–H and O–H groups in total. The molecule has 1 atom stereocenters. The van der Waals surface area contributed by atoms with E-state index in [0.717, 1.165) is 12.0 Å². The zero-order valence-corrected chi connectivity index (χ0v) is 14.8. The van der Waals surface area contributed by atoms with E-state index in [1.807, 2.05) is 6.92 Å². The molecule has 7 heteroatoms. The Morgan fingerprint density at radius 3 is 2.43 bits per heavy atom. The average molecular weight is 340 g/mol. The predicted molar refractivity (Wildman–Crippen MR) is 87.5 cm³/mol. The van der Waals surface area contributed by atoms with Gasteiger partial charge in [-0.1, -0.05) is 17.7 Å². The van der Waals surface area contributed by atoms with Crippen LogP contribution in [0.5, 0.6) is 0 Å². The highest BCUT2D eigenvalue weighted by Gasteiger charge is 2.34. The molecule has 1 aromatic rings. The Kier molecular flexibility index (Phi) is 5.01.